The van der Waals surface area contributed by atoms with Gasteiger partial charge < -0.3 is 26.5 Å². The van der Waals surface area contributed by atoms with Gasteiger partial charge in [-0.3, -0.25) is 0 Å². The van der Waals surface area contributed by atoms with Crippen LogP contribution in [-0.4, -0.2) is 46.6 Å². The quantitative estimate of drug-likeness (QED) is 0.134. The van der Waals surface area contributed by atoms with Crippen molar-refractivity contribution in [2.24, 2.45) is 16.3 Å². The molecule has 1 atom stereocenters. The van der Waals surface area contributed by atoms with Crippen molar-refractivity contribution in [3.05, 3.63) is 0 Å². The van der Waals surface area contributed by atoms with Crippen molar-refractivity contribution in [3.8, 4) is 0 Å². The summed E-state index contributed by atoms with van der Waals surface area (Å²) in [4.78, 5) is 0. The summed E-state index contributed by atoms with van der Waals surface area (Å²) < 4.78 is 0. The number of oxime groups is 1. The molecule has 0 aromatic carbocycles. The molecule has 0 saturated carbocycles. The van der Waals surface area contributed by atoms with Gasteiger partial charge in [0, 0.05) is 12.0 Å². The van der Waals surface area contributed by atoms with Gasteiger partial charge in [-0.05, 0) is 26.3 Å². The van der Waals surface area contributed by atoms with Gasteiger partial charge in [0.15, 0.2) is 0 Å². The third-order valence-electron chi connectivity index (χ3n) is 3.05. The van der Waals surface area contributed by atoms with Gasteiger partial charge in [-0.15, -0.1) is 0 Å². The first kappa shape index (κ1) is 17.2. The van der Waals surface area contributed by atoms with Gasteiger partial charge in [-0.2, -0.15) is 0 Å². The van der Waals surface area contributed by atoms with Gasteiger partial charge >= 0.3 is 0 Å². The summed E-state index contributed by atoms with van der Waals surface area (Å²) >= 11 is 0. The number of hydrogen-bond donors (Lipinski definition) is 5. The molecule has 0 bridgehead atoms. The Labute approximate surface area is 109 Å². The van der Waals surface area contributed by atoms with E-state index in [2.05, 4.69) is 10.5 Å². The molecule has 6 heteroatoms. The molecule has 0 heterocycles. The molecular weight excluding hydrogens is 234 g/mol. The monoisotopic (exact) mass is 261 g/mol. The maximum atomic E-state index is 9.54. The van der Waals surface area contributed by atoms with Crippen molar-refractivity contribution >= 4 is 5.84 Å². The number of amidine groups is 1. The van der Waals surface area contributed by atoms with Crippen LogP contribution in [-0.2, 0) is 0 Å². The van der Waals surface area contributed by atoms with Crippen LogP contribution in [0, 0.1) is 5.41 Å². The predicted molar refractivity (Wildman–Crippen MR) is 71.6 cm³/mol. The lowest BCUT2D eigenvalue weighted by Crippen LogP contribution is -2.41. The van der Waals surface area contributed by atoms with Crippen LogP contribution in [0.25, 0.3) is 0 Å². The summed E-state index contributed by atoms with van der Waals surface area (Å²) in [6.07, 6.45) is 2.71. The Morgan fingerprint density at radius 1 is 1.28 bits per heavy atom. The molecule has 0 radical (unpaired) electrons. The second-order valence-corrected chi connectivity index (χ2v) is 5.66. The Kier molecular flexibility index (Phi) is 7.20. The van der Waals surface area contributed by atoms with Gasteiger partial charge in [0.25, 0.3) is 0 Å². The zero-order chi connectivity index (χ0) is 14.2. The van der Waals surface area contributed by atoms with E-state index >= 15 is 0 Å². The van der Waals surface area contributed by atoms with E-state index in [-0.39, 0.29) is 17.9 Å². The number of nitrogens with two attached hydrogens (primary N) is 1. The van der Waals surface area contributed by atoms with Gasteiger partial charge in [0.1, 0.15) is 5.84 Å². The van der Waals surface area contributed by atoms with Crippen molar-refractivity contribution < 1.29 is 15.4 Å². The molecule has 0 spiro atoms. The molecule has 0 aliphatic heterocycles. The lowest BCUT2D eigenvalue weighted by atomic mass is 9.86. The fraction of sp³-hybridized carbons (Fsp3) is 0.917. The van der Waals surface area contributed by atoms with Crippen LogP contribution in [0.4, 0.5) is 0 Å². The van der Waals surface area contributed by atoms with Crippen molar-refractivity contribution in [1.29, 1.82) is 0 Å². The third-order valence-corrected chi connectivity index (χ3v) is 3.05. The Hall–Kier alpha value is -0.850. The number of aliphatic hydroxyl groups is 2. The second-order valence-electron chi connectivity index (χ2n) is 5.66. The van der Waals surface area contributed by atoms with Gasteiger partial charge in [-0.1, -0.05) is 25.4 Å². The van der Waals surface area contributed by atoms with E-state index in [9.17, 15) is 5.11 Å². The van der Waals surface area contributed by atoms with Crippen LogP contribution in [0.5, 0.6) is 0 Å². The highest BCUT2D eigenvalue weighted by Crippen LogP contribution is 2.23. The summed E-state index contributed by atoms with van der Waals surface area (Å²) in [6, 6.07) is 0. The highest BCUT2D eigenvalue weighted by molar-refractivity contribution is 5.85. The summed E-state index contributed by atoms with van der Waals surface area (Å²) in [5.41, 5.74) is 4.23. The summed E-state index contributed by atoms with van der Waals surface area (Å²) in [6.45, 7) is 6.34. The standard InChI is InChI=1S/C12H27N3O3/c1-11(2,10(13)15-18)6-4-5-7-14-8-12(3,17)9-16/h14,16-18H,4-9H2,1-3H3,(H2,13,15). The molecule has 0 rings (SSSR count). The average Bonchev–Trinajstić information content (AvgIpc) is 2.32. The molecule has 0 aromatic heterocycles. The third kappa shape index (κ3) is 6.78. The smallest absolute Gasteiger partial charge is 0.144 e. The van der Waals surface area contributed by atoms with Crippen LogP contribution in [0.15, 0.2) is 5.16 Å². The van der Waals surface area contributed by atoms with Crippen LogP contribution in [0.1, 0.15) is 40.0 Å². The number of rotatable bonds is 9. The minimum atomic E-state index is -1.06. The first-order chi connectivity index (χ1) is 8.25. The molecular formula is C12H27N3O3. The highest BCUT2D eigenvalue weighted by atomic mass is 16.4. The molecule has 1 unspecified atom stereocenters. The zero-order valence-electron chi connectivity index (χ0n) is 11.6. The lowest BCUT2D eigenvalue weighted by molar-refractivity contribution is 0.00285. The van der Waals surface area contributed by atoms with E-state index in [1.165, 1.54) is 0 Å². The largest absolute Gasteiger partial charge is 0.409 e. The van der Waals surface area contributed by atoms with Gasteiger partial charge in [0.05, 0.1) is 12.2 Å². The summed E-state index contributed by atoms with van der Waals surface area (Å²) in [5, 5.41) is 33.1. The van der Waals surface area contributed by atoms with Crippen molar-refractivity contribution in [2.75, 3.05) is 19.7 Å². The Bertz CT molecular complexity index is 265. The number of aliphatic hydroxyl groups excluding tert-OH is 1. The molecule has 0 aliphatic rings. The molecule has 0 saturated heterocycles. The number of nitrogens with zero attached hydrogens (tertiary/aromatic N) is 1. The van der Waals surface area contributed by atoms with E-state index in [4.69, 9.17) is 16.0 Å². The highest BCUT2D eigenvalue weighted by Gasteiger charge is 2.22. The number of hydrogen-bond acceptors (Lipinski definition) is 5. The van der Waals surface area contributed by atoms with Crippen molar-refractivity contribution in [2.45, 2.75) is 45.6 Å². The summed E-state index contributed by atoms with van der Waals surface area (Å²) in [5.74, 6) is 0.249. The first-order valence-corrected chi connectivity index (χ1v) is 6.27. The number of nitrogens with one attached hydrogen (secondary N) is 1. The topological polar surface area (TPSA) is 111 Å². The van der Waals surface area contributed by atoms with Gasteiger partial charge in [0.2, 0.25) is 0 Å². The molecule has 6 N–H and O–H groups in total. The first-order valence-electron chi connectivity index (χ1n) is 6.27. The molecule has 0 fully saturated rings. The maximum absolute atomic E-state index is 9.54. The molecule has 6 nitrogen and oxygen atoms in total. The molecule has 0 aromatic rings. The van der Waals surface area contributed by atoms with Crippen LogP contribution in [0.3, 0.4) is 0 Å². The average molecular weight is 261 g/mol. The fourth-order valence-electron chi connectivity index (χ4n) is 1.49. The van der Waals surface area contributed by atoms with Crippen LogP contribution in [0.2, 0.25) is 0 Å². The molecule has 18 heavy (non-hydrogen) atoms. The SMILES string of the molecule is CC(O)(CO)CNCCCCC(C)(C)C(N)=NO. The lowest BCUT2D eigenvalue weighted by Gasteiger charge is -2.23. The van der Waals surface area contributed by atoms with E-state index in [0.717, 1.165) is 25.8 Å². The maximum Gasteiger partial charge on any atom is 0.144 e. The van der Waals surface area contributed by atoms with E-state index < -0.39 is 5.60 Å². The minimum Gasteiger partial charge on any atom is -0.409 e. The molecule has 108 valence electrons. The normalized spacial score (nSPS) is 16.6. The predicted octanol–water partition coefficient (Wildman–Crippen LogP) is 0.262. The Balaban J connectivity index is 3.70. The van der Waals surface area contributed by atoms with Crippen LogP contribution < -0.4 is 11.1 Å². The summed E-state index contributed by atoms with van der Waals surface area (Å²) in [7, 11) is 0. The second kappa shape index (κ2) is 7.56. The van der Waals surface area contributed by atoms with Crippen molar-refractivity contribution in [3.63, 3.8) is 0 Å². The van der Waals surface area contributed by atoms with E-state index in [0.29, 0.717) is 6.54 Å². The minimum absolute atomic E-state index is 0.249. The Morgan fingerprint density at radius 2 is 1.89 bits per heavy atom. The molecule has 0 aliphatic carbocycles. The molecule has 0 amide bonds. The zero-order valence-corrected chi connectivity index (χ0v) is 11.6. The number of unbranched alkanes of at least 4 members (excludes halogenated alkanes) is 1. The van der Waals surface area contributed by atoms with Crippen molar-refractivity contribution in [1.82, 2.24) is 5.32 Å². The fourth-order valence-corrected chi connectivity index (χ4v) is 1.49. The Morgan fingerprint density at radius 3 is 2.39 bits per heavy atom. The van der Waals surface area contributed by atoms with Crippen LogP contribution >= 0.6 is 0 Å². The van der Waals surface area contributed by atoms with Gasteiger partial charge in [-0.25, -0.2) is 0 Å². The van der Waals surface area contributed by atoms with E-state index in [1.807, 2.05) is 13.8 Å². The van der Waals surface area contributed by atoms with E-state index in [1.54, 1.807) is 6.92 Å².